The summed E-state index contributed by atoms with van der Waals surface area (Å²) in [4.78, 5) is 16.3. The highest BCUT2D eigenvalue weighted by atomic mass is 16.1. The third-order valence-electron chi connectivity index (χ3n) is 3.01. The van der Waals surface area contributed by atoms with E-state index in [0.717, 1.165) is 17.7 Å². The van der Waals surface area contributed by atoms with Gasteiger partial charge in [0.25, 0.3) is 5.91 Å². The van der Waals surface area contributed by atoms with Gasteiger partial charge in [0.2, 0.25) is 0 Å². The molecule has 2 heterocycles. The van der Waals surface area contributed by atoms with Crippen LogP contribution >= 0.6 is 0 Å². The Labute approximate surface area is 112 Å². The largest absolute Gasteiger partial charge is 0.345 e. The standard InChI is InChI=1S/C14H18N4O/c1-4-13-7-11(5-6-15-13)14(19)17-10(2)12-8-16-18(3)9-12/h5-10H,4H2,1-3H3,(H,17,19). The van der Waals surface area contributed by atoms with E-state index in [2.05, 4.69) is 15.4 Å². The van der Waals surface area contributed by atoms with Gasteiger partial charge < -0.3 is 5.32 Å². The van der Waals surface area contributed by atoms with Crippen molar-refractivity contribution in [1.82, 2.24) is 20.1 Å². The van der Waals surface area contributed by atoms with Crippen LogP contribution in [-0.2, 0) is 13.5 Å². The SMILES string of the molecule is CCc1cc(C(=O)NC(C)c2cnn(C)c2)ccn1. The van der Waals surface area contributed by atoms with Crippen LogP contribution in [0.1, 0.15) is 41.5 Å². The Bertz CT molecular complexity index is 576. The average molecular weight is 258 g/mol. The summed E-state index contributed by atoms with van der Waals surface area (Å²) in [7, 11) is 1.86. The second-order valence-electron chi connectivity index (χ2n) is 4.53. The Balaban J connectivity index is 2.08. The van der Waals surface area contributed by atoms with Crippen LogP contribution < -0.4 is 5.32 Å². The average Bonchev–Trinajstić information content (AvgIpc) is 2.85. The quantitative estimate of drug-likeness (QED) is 0.910. The lowest BCUT2D eigenvalue weighted by molar-refractivity contribution is 0.0939. The number of nitrogens with one attached hydrogen (secondary N) is 1. The van der Waals surface area contributed by atoms with Crippen molar-refractivity contribution >= 4 is 5.91 Å². The molecule has 5 heteroatoms. The summed E-state index contributed by atoms with van der Waals surface area (Å²) in [5.74, 6) is -0.0894. The zero-order valence-corrected chi connectivity index (χ0v) is 11.4. The minimum Gasteiger partial charge on any atom is -0.345 e. The second-order valence-corrected chi connectivity index (χ2v) is 4.53. The molecular formula is C14H18N4O. The van der Waals surface area contributed by atoms with Crippen LogP contribution in [0.15, 0.2) is 30.7 Å². The lowest BCUT2D eigenvalue weighted by atomic mass is 10.1. The fraction of sp³-hybridized carbons (Fsp3) is 0.357. The third-order valence-corrected chi connectivity index (χ3v) is 3.01. The van der Waals surface area contributed by atoms with Crippen molar-refractivity contribution in [2.24, 2.45) is 7.05 Å². The van der Waals surface area contributed by atoms with Crippen LogP contribution in [0.3, 0.4) is 0 Å². The van der Waals surface area contributed by atoms with E-state index in [4.69, 9.17) is 0 Å². The highest BCUT2D eigenvalue weighted by Crippen LogP contribution is 2.12. The van der Waals surface area contributed by atoms with E-state index in [1.807, 2.05) is 33.2 Å². The zero-order valence-electron chi connectivity index (χ0n) is 11.4. The first-order valence-corrected chi connectivity index (χ1v) is 6.34. The minimum absolute atomic E-state index is 0.0700. The number of pyridine rings is 1. The number of carbonyl (C=O) groups is 1. The summed E-state index contributed by atoms with van der Waals surface area (Å²) in [6.45, 7) is 3.96. The number of aromatic nitrogens is 3. The van der Waals surface area contributed by atoms with Crippen molar-refractivity contribution in [3.63, 3.8) is 0 Å². The zero-order chi connectivity index (χ0) is 13.8. The third kappa shape index (κ3) is 3.19. The normalized spacial score (nSPS) is 12.2. The first-order valence-electron chi connectivity index (χ1n) is 6.34. The molecule has 1 unspecified atom stereocenters. The molecule has 0 radical (unpaired) electrons. The van der Waals surface area contributed by atoms with Crippen molar-refractivity contribution in [2.45, 2.75) is 26.3 Å². The molecule has 0 fully saturated rings. The fourth-order valence-corrected chi connectivity index (χ4v) is 1.84. The predicted octanol–water partition coefficient (Wildman–Crippen LogP) is 1.87. The molecule has 1 amide bonds. The van der Waals surface area contributed by atoms with Crippen molar-refractivity contribution in [2.75, 3.05) is 0 Å². The summed E-state index contributed by atoms with van der Waals surface area (Å²) in [5.41, 5.74) is 2.55. The molecule has 0 aliphatic rings. The molecule has 2 rings (SSSR count). The summed E-state index contributed by atoms with van der Waals surface area (Å²) < 4.78 is 1.72. The Morgan fingerprint density at radius 2 is 2.32 bits per heavy atom. The predicted molar refractivity (Wildman–Crippen MR) is 72.7 cm³/mol. The summed E-state index contributed by atoms with van der Waals surface area (Å²) in [6.07, 6.45) is 6.14. The smallest absolute Gasteiger partial charge is 0.251 e. The Morgan fingerprint density at radius 3 is 2.95 bits per heavy atom. The van der Waals surface area contributed by atoms with Crippen LogP contribution in [0, 0.1) is 0 Å². The van der Waals surface area contributed by atoms with Gasteiger partial charge >= 0.3 is 0 Å². The molecule has 0 aromatic carbocycles. The Morgan fingerprint density at radius 1 is 1.53 bits per heavy atom. The molecule has 0 saturated carbocycles. The van der Waals surface area contributed by atoms with Crippen LogP contribution in [0.5, 0.6) is 0 Å². The lowest BCUT2D eigenvalue weighted by Crippen LogP contribution is -2.26. The van der Waals surface area contributed by atoms with Crippen molar-refractivity contribution in [1.29, 1.82) is 0 Å². The maximum absolute atomic E-state index is 12.1. The van der Waals surface area contributed by atoms with E-state index in [-0.39, 0.29) is 11.9 Å². The number of amides is 1. The van der Waals surface area contributed by atoms with Gasteiger partial charge in [-0.1, -0.05) is 6.92 Å². The van der Waals surface area contributed by atoms with Gasteiger partial charge in [-0.05, 0) is 25.5 Å². The number of aryl methyl sites for hydroxylation is 2. The fourth-order valence-electron chi connectivity index (χ4n) is 1.84. The summed E-state index contributed by atoms with van der Waals surface area (Å²) >= 11 is 0. The molecule has 2 aromatic heterocycles. The lowest BCUT2D eigenvalue weighted by Gasteiger charge is -2.12. The van der Waals surface area contributed by atoms with Gasteiger partial charge in [-0.15, -0.1) is 0 Å². The van der Waals surface area contributed by atoms with E-state index in [9.17, 15) is 4.79 Å². The second kappa shape index (κ2) is 5.65. The van der Waals surface area contributed by atoms with Gasteiger partial charge in [-0.25, -0.2) is 0 Å². The molecule has 2 aromatic rings. The Hall–Kier alpha value is -2.17. The number of hydrogen-bond acceptors (Lipinski definition) is 3. The van der Waals surface area contributed by atoms with Crippen LogP contribution in [0.2, 0.25) is 0 Å². The maximum Gasteiger partial charge on any atom is 0.251 e. The van der Waals surface area contributed by atoms with E-state index in [1.165, 1.54) is 0 Å². The molecule has 1 atom stereocenters. The van der Waals surface area contributed by atoms with Crippen LogP contribution in [-0.4, -0.2) is 20.7 Å². The summed E-state index contributed by atoms with van der Waals surface area (Å²) in [5, 5.41) is 7.06. The molecule has 0 bridgehead atoms. The number of hydrogen-bond donors (Lipinski definition) is 1. The number of carbonyl (C=O) groups excluding carboxylic acids is 1. The molecule has 0 aliphatic heterocycles. The van der Waals surface area contributed by atoms with Gasteiger partial charge in [0, 0.05) is 36.3 Å². The van der Waals surface area contributed by atoms with Gasteiger partial charge in [0.1, 0.15) is 0 Å². The first kappa shape index (κ1) is 13.3. The molecule has 0 aliphatic carbocycles. The molecule has 0 saturated heterocycles. The molecule has 5 nitrogen and oxygen atoms in total. The van der Waals surface area contributed by atoms with E-state index in [1.54, 1.807) is 23.1 Å². The molecular weight excluding hydrogens is 240 g/mol. The number of rotatable bonds is 4. The maximum atomic E-state index is 12.1. The van der Waals surface area contributed by atoms with Crippen LogP contribution in [0.4, 0.5) is 0 Å². The highest BCUT2D eigenvalue weighted by molar-refractivity contribution is 5.94. The van der Waals surface area contributed by atoms with Gasteiger partial charge in [0.15, 0.2) is 0 Å². The van der Waals surface area contributed by atoms with Crippen molar-refractivity contribution in [3.05, 3.63) is 47.5 Å². The Kier molecular flexibility index (Phi) is 3.94. The molecule has 0 spiro atoms. The monoisotopic (exact) mass is 258 g/mol. The van der Waals surface area contributed by atoms with Gasteiger partial charge in [-0.2, -0.15) is 5.10 Å². The molecule has 100 valence electrons. The van der Waals surface area contributed by atoms with Crippen LogP contribution in [0.25, 0.3) is 0 Å². The highest BCUT2D eigenvalue weighted by Gasteiger charge is 2.13. The first-order chi connectivity index (χ1) is 9.10. The minimum atomic E-state index is -0.0894. The van der Waals surface area contributed by atoms with Crippen molar-refractivity contribution in [3.8, 4) is 0 Å². The molecule has 19 heavy (non-hydrogen) atoms. The van der Waals surface area contributed by atoms with E-state index < -0.39 is 0 Å². The van der Waals surface area contributed by atoms with E-state index >= 15 is 0 Å². The summed E-state index contributed by atoms with van der Waals surface area (Å²) in [6, 6.07) is 3.48. The van der Waals surface area contributed by atoms with E-state index in [0.29, 0.717) is 5.56 Å². The molecule has 1 N–H and O–H groups in total. The van der Waals surface area contributed by atoms with Gasteiger partial charge in [-0.3, -0.25) is 14.5 Å². The topological polar surface area (TPSA) is 59.8 Å². The van der Waals surface area contributed by atoms with Gasteiger partial charge in [0.05, 0.1) is 12.2 Å². The van der Waals surface area contributed by atoms with Crippen molar-refractivity contribution < 1.29 is 4.79 Å². The number of nitrogens with zero attached hydrogens (tertiary/aromatic N) is 3.